The Balaban J connectivity index is 1.51. The van der Waals surface area contributed by atoms with Crippen molar-refractivity contribution in [2.75, 3.05) is 6.54 Å². The first-order chi connectivity index (χ1) is 10.7. The van der Waals surface area contributed by atoms with Crippen LogP contribution in [-0.4, -0.2) is 28.6 Å². The second-order valence-electron chi connectivity index (χ2n) is 6.43. The molecule has 1 saturated carbocycles. The van der Waals surface area contributed by atoms with Crippen molar-refractivity contribution < 1.29 is 9.32 Å². The molecule has 2 unspecified atom stereocenters. The molecule has 0 radical (unpaired) electrons. The van der Waals surface area contributed by atoms with E-state index in [1.165, 1.54) is 5.56 Å². The van der Waals surface area contributed by atoms with E-state index in [1.807, 2.05) is 17.0 Å². The maximum Gasteiger partial charge on any atom is 0.276 e. The highest BCUT2D eigenvalue weighted by atomic mass is 16.5. The highest BCUT2D eigenvalue weighted by molar-refractivity contribution is 5.92. The monoisotopic (exact) mass is 296 g/mol. The van der Waals surface area contributed by atoms with Gasteiger partial charge in [0, 0.05) is 30.5 Å². The third-order valence-electron chi connectivity index (χ3n) is 4.97. The minimum absolute atomic E-state index is 0.00146. The second kappa shape index (κ2) is 5.27. The van der Waals surface area contributed by atoms with Crippen LogP contribution in [0.25, 0.3) is 0 Å². The number of benzene rings is 1. The molecule has 4 heteroatoms. The van der Waals surface area contributed by atoms with E-state index < -0.39 is 0 Å². The van der Waals surface area contributed by atoms with Gasteiger partial charge < -0.3 is 9.42 Å². The lowest BCUT2D eigenvalue weighted by Gasteiger charge is -2.24. The maximum absolute atomic E-state index is 12.7. The number of rotatable bonds is 3. The molecule has 22 heavy (non-hydrogen) atoms. The van der Waals surface area contributed by atoms with Crippen LogP contribution in [0.2, 0.25) is 0 Å². The number of carbonyl (C=O) groups excluding carboxylic acids is 1. The molecule has 1 aliphatic heterocycles. The Morgan fingerprint density at radius 3 is 2.73 bits per heavy atom. The van der Waals surface area contributed by atoms with Gasteiger partial charge in [0.25, 0.3) is 5.91 Å². The highest BCUT2D eigenvalue weighted by Crippen LogP contribution is 2.40. The lowest BCUT2D eigenvalue weighted by Crippen LogP contribution is -2.35. The number of amides is 1. The minimum atomic E-state index is 0.00146. The summed E-state index contributed by atoms with van der Waals surface area (Å²) >= 11 is 0. The largest absolute Gasteiger partial charge is 0.360 e. The van der Waals surface area contributed by atoms with Crippen LogP contribution >= 0.6 is 0 Å². The summed E-state index contributed by atoms with van der Waals surface area (Å²) < 4.78 is 5.32. The van der Waals surface area contributed by atoms with Gasteiger partial charge in [-0.1, -0.05) is 35.5 Å². The number of nitrogens with zero attached hydrogens (tertiary/aromatic N) is 2. The summed E-state index contributed by atoms with van der Waals surface area (Å²) in [5.41, 5.74) is 1.77. The Morgan fingerprint density at radius 1 is 1.23 bits per heavy atom. The van der Waals surface area contributed by atoms with Crippen LogP contribution in [-0.2, 0) is 0 Å². The Bertz CT molecular complexity index is 675. The molecule has 4 nitrogen and oxygen atoms in total. The van der Waals surface area contributed by atoms with E-state index in [1.54, 1.807) is 0 Å². The van der Waals surface area contributed by atoms with Gasteiger partial charge in [-0.05, 0) is 31.7 Å². The van der Waals surface area contributed by atoms with Crippen LogP contribution in [0.3, 0.4) is 0 Å². The SMILES string of the molecule is CC1C(c2ccccc2)CCN1C(=O)c1cc(C2CC2)on1. The lowest BCUT2D eigenvalue weighted by molar-refractivity contribution is 0.0731. The van der Waals surface area contributed by atoms with Crippen molar-refractivity contribution in [3.05, 3.63) is 53.4 Å². The van der Waals surface area contributed by atoms with E-state index in [0.717, 1.165) is 31.6 Å². The molecule has 114 valence electrons. The zero-order valence-corrected chi connectivity index (χ0v) is 12.7. The van der Waals surface area contributed by atoms with Gasteiger partial charge in [0.15, 0.2) is 5.69 Å². The normalized spacial score (nSPS) is 24.7. The van der Waals surface area contributed by atoms with Crippen molar-refractivity contribution in [1.29, 1.82) is 0 Å². The summed E-state index contributed by atoms with van der Waals surface area (Å²) in [5, 5.41) is 3.99. The first-order valence-electron chi connectivity index (χ1n) is 8.06. The molecule has 0 bridgehead atoms. The lowest BCUT2D eigenvalue weighted by atomic mass is 9.93. The van der Waals surface area contributed by atoms with Gasteiger partial charge in [0.05, 0.1) is 0 Å². The quantitative estimate of drug-likeness (QED) is 0.870. The fourth-order valence-corrected chi connectivity index (χ4v) is 3.47. The topological polar surface area (TPSA) is 46.3 Å². The summed E-state index contributed by atoms with van der Waals surface area (Å²) in [6, 6.07) is 12.5. The molecule has 1 saturated heterocycles. The Hall–Kier alpha value is -2.10. The number of likely N-dealkylation sites (tertiary alicyclic amines) is 1. The molecule has 0 spiro atoms. The van der Waals surface area contributed by atoms with Crippen LogP contribution < -0.4 is 0 Å². The van der Waals surface area contributed by atoms with Gasteiger partial charge in [-0.25, -0.2) is 0 Å². The summed E-state index contributed by atoms with van der Waals surface area (Å²) in [4.78, 5) is 14.6. The number of aromatic nitrogens is 1. The molecule has 0 N–H and O–H groups in total. The van der Waals surface area contributed by atoms with Crippen molar-refractivity contribution >= 4 is 5.91 Å². The molecule has 1 aliphatic carbocycles. The fraction of sp³-hybridized carbons (Fsp3) is 0.444. The first-order valence-corrected chi connectivity index (χ1v) is 8.06. The van der Waals surface area contributed by atoms with E-state index in [0.29, 0.717) is 17.5 Å². The van der Waals surface area contributed by atoms with Gasteiger partial charge in [-0.3, -0.25) is 4.79 Å². The third kappa shape index (κ3) is 2.32. The van der Waals surface area contributed by atoms with Gasteiger partial charge in [-0.15, -0.1) is 0 Å². The van der Waals surface area contributed by atoms with Crippen molar-refractivity contribution in [2.45, 2.75) is 44.1 Å². The number of carbonyl (C=O) groups is 1. The average Bonchev–Trinajstić information content (AvgIpc) is 3.15. The molecule has 2 fully saturated rings. The first kappa shape index (κ1) is 13.6. The van der Waals surface area contributed by atoms with Crippen molar-refractivity contribution in [1.82, 2.24) is 10.1 Å². The summed E-state index contributed by atoms with van der Waals surface area (Å²) in [6.07, 6.45) is 3.31. The molecule has 2 aliphatic rings. The standard InChI is InChI=1S/C18H20N2O2/c1-12-15(13-5-3-2-4-6-13)9-10-20(12)18(21)16-11-17(22-19-16)14-7-8-14/h2-6,11-12,14-15H,7-10H2,1H3. The second-order valence-corrected chi connectivity index (χ2v) is 6.43. The van der Waals surface area contributed by atoms with Crippen molar-refractivity contribution in [3.8, 4) is 0 Å². The van der Waals surface area contributed by atoms with Crippen LogP contribution in [0.4, 0.5) is 0 Å². The van der Waals surface area contributed by atoms with E-state index in [4.69, 9.17) is 4.52 Å². The molecule has 1 aromatic carbocycles. The fourth-order valence-electron chi connectivity index (χ4n) is 3.47. The number of hydrogen-bond acceptors (Lipinski definition) is 3. The van der Waals surface area contributed by atoms with Crippen LogP contribution in [0.5, 0.6) is 0 Å². The summed E-state index contributed by atoms with van der Waals surface area (Å²) in [7, 11) is 0. The van der Waals surface area contributed by atoms with Crippen LogP contribution in [0, 0.1) is 0 Å². The average molecular weight is 296 g/mol. The Labute approximate surface area is 130 Å². The molecular weight excluding hydrogens is 276 g/mol. The minimum Gasteiger partial charge on any atom is -0.360 e. The van der Waals surface area contributed by atoms with Gasteiger partial charge >= 0.3 is 0 Å². The molecular formula is C18H20N2O2. The molecule has 2 aromatic rings. The van der Waals surface area contributed by atoms with Crippen LogP contribution in [0.1, 0.15) is 59.8 Å². The van der Waals surface area contributed by atoms with Crippen molar-refractivity contribution in [2.24, 2.45) is 0 Å². The Kier molecular flexibility index (Phi) is 3.25. The summed E-state index contributed by atoms with van der Waals surface area (Å²) in [6.45, 7) is 2.91. The van der Waals surface area contributed by atoms with Gasteiger partial charge in [0.2, 0.25) is 0 Å². The van der Waals surface area contributed by atoms with E-state index in [2.05, 4.69) is 36.3 Å². The molecule has 2 atom stereocenters. The molecule has 1 amide bonds. The smallest absolute Gasteiger partial charge is 0.276 e. The highest BCUT2D eigenvalue weighted by Gasteiger charge is 2.37. The molecule has 2 heterocycles. The summed E-state index contributed by atoms with van der Waals surface area (Å²) in [5.74, 6) is 1.76. The number of hydrogen-bond donors (Lipinski definition) is 0. The van der Waals surface area contributed by atoms with E-state index in [9.17, 15) is 4.79 Å². The van der Waals surface area contributed by atoms with E-state index >= 15 is 0 Å². The Morgan fingerprint density at radius 2 is 2.00 bits per heavy atom. The zero-order chi connectivity index (χ0) is 15.1. The molecule has 4 rings (SSSR count). The maximum atomic E-state index is 12.7. The predicted octanol–water partition coefficient (Wildman–Crippen LogP) is 3.57. The van der Waals surface area contributed by atoms with Gasteiger partial charge in [-0.2, -0.15) is 0 Å². The van der Waals surface area contributed by atoms with Gasteiger partial charge in [0.1, 0.15) is 5.76 Å². The van der Waals surface area contributed by atoms with Crippen molar-refractivity contribution in [3.63, 3.8) is 0 Å². The zero-order valence-electron chi connectivity index (χ0n) is 12.7. The predicted molar refractivity (Wildman–Crippen MR) is 82.8 cm³/mol. The molecule has 1 aromatic heterocycles. The third-order valence-corrected chi connectivity index (χ3v) is 4.97. The van der Waals surface area contributed by atoms with E-state index in [-0.39, 0.29) is 11.9 Å². The van der Waals surface area contributed by atoms with Crippen LogP contribution in [0.15, 0.2) is 40.9 Å².